The van der Waals surface area contributed by atoms with Gasteiger partial charge in [-0.2, -0.15) is 0 Å². The first kappa shape index (κ1) is 8.64. The molecule has 3 aliphatic heterocycles. The molecule has 5 nitrogen and oxygen atoms in total. The van der Waals surface area contributed by atoms with Crippen molar-refractivity contribution in [2.75, 3.05) is 19.8 Å². The van der Waals surface area contributed by atoms with Gasteiger partial charge in [0.15, 0.2) is 0 Å². The Morgan fingerprint density at radius 3 is 2.29 bits per heavy atom. The first-order valence-corrected chi connectivity index (χ1v) is 4.70. The standard InChI is InChI=1S/C9H12O5/c10-3-7-1-8(2-7,6(11)12)9(14-7)4-13-5-9/h10H,1-5H2,(H,11,12). The molecule has 2 bridgehead atoms. The summed E-state index contributed by atoms with van der Waals surface area (Å²) in [5, 5.41) is 18.4. The van der Waals surface area contributed by atoms with E-state index in [1.165, 1.54) is 0 Å². The van der Waals surface area contributed by atoms with Crippen molar-refractivity contribution in [1.29, 1.82) is 0 Å². The van der Waals surface area contributed by atoms with Crippen LogP contribution in [0.2, 0.25) is 0 Å². The quantitative estimate of drug-likeness (QED) is 0.621. The zero-order valence-electron chi connectivity index (χ0n) is 7.65. The summed E-state index contributed by atoms with van der Waals surface area (Å²) in [4.78, 5) is 11.2. The highest BCUT2D eigenvalue weighted by Crippen LogP contribution is 2.68. The molecule has 14 heavy (non-hydrogen) atoms. The van der Waals surface area contributed by atoms with Crippen molar-refractivity contribution < 1.29 is 24.5 Å². The number of aliphatic hydroxyl groups excluding tert-OH is 1. The van der Waals surface area contributed by atoms with Gasteiger partial charge in [0.1, 0.15) is 11.0 Å². The Labute approximate surface area is 80.6 Å². The number of aliphatic carboxylic acids is 1. The van der Waals surface area contributed by atoms with Crippen LogP contribution < -0.4 is 0 Å². The Kier molecular flexibility index (Phi) is 1.31. The topological polar surface area (TPSA) is 76.0 Å². The Morgan fingerprint density at radius 2 is 2.00 bits per heavy atom. The van der Waals surface area contributed by atoms with E-state index in [4.69, 9.17) is 14.6 Å². The summed E-state index contributed by atoms with van der Waals surface area (Å²) in [6.07, 6.45) is 0.852. The molecule has 4 aliphatic rings. The van der Waals surface area contributed by atoms with Crippen molar-refractivity contribution in [2.24, 2.45) is 5.41 Å². The molecule has 4 rings (SSSR count). The fourth-order valence-corrected chi connectivity index (χ4v) is 3.07. The van der Waals surface area contributed by atoms with Gasteiger partial charge in [-0.1, -0.05) is 0 Å². The van der Waals surface area contributed by atoms with Crippen molar-refractivity contribution in [3.05, 3.63) is 0 Å². The number of ether oxygens (including phenoxy) is 2. The van der Waals surface area contributed by atoms with Crippen molar-refractivity contribution >= 4 is 5.97 Å². The third-order valence-electron chi connectivity index (χ3n) is 3.90. The maximum Gasteiger partial charge on any atom is 0.313 e. The summed E-state index contributed by atoms with van der Waals surface area (Å²) in [5.41, 5.74) is -2.04. The first-order valence-electron chi connectivity index (χ1n) is 4.70. The lowest BCUT2D eigenvalue weighted by atomic mass is 9.55. The lowest BCUT2D eigenvalue weighted by Crippen LogP contribution is -2.63. The van der Waals surface area contributed by atoms with E-state index >= 15 is 0 Å². The van der Waals surface area contributed by atoms with Crippen LogP contribution in [-0.2, 0) is 14.3 Å². The predicted molar refractivity (Wildman–Crippen MR) is 43.8 cm³/mol. The summed E-state index contributed by atoms with van der Waals surface area (Å²) in [7, 11) is 0. The fraction of sp³-hybridized carbons (Fsp3) is 0.889. The largest absolute Gasteiger partial charge is 0.481 e. The summed E-state index contributed by atoms with van der Waals surface area (Å²) in [6.45, 7) is 0.603. The molecule has 3 saturated heterocycles. The van der Waals surface area contributed by atoms with Gasteiger partial charge in [-0.25, -0.2) is 0 Å². The van der Waals surface area contributed by atoms with E-state index < -0.39 is 22.6 Å². The average molecular weight is 200 g/mol. The number of hydrogen-bond donors (Lipinski definition) is 2. The second kappa shape index (κ2) is 2.13. The highest BCUT2D eigenvalue weighted by Gasteiger charge is 2.80. The predicted octanol–water partition coefficient (Wildman–Crippen LogP) is -0.619. The van der Waals surface area contributed by atoms with Gasteiger partial charge in [-0.3, -0.25) is 4.79 Å². The monoisotopic (exact) mass is 200 g/mol. The Bertz CT molecular complexity index is 300. The number of carboxylic acid groups (broad SMARTS) is 1. The van der Waals surface area contributed by atoms with Crippen LogP contribution >= 0.6 is 0 Å². The molecule has 2 N–H and O–H groups in total. The molecule has 0 amide bonds. The molecule has 0 aromatic rings. The number of hydrogen-bond acceptors (Lipinski definition) is 4. The van der Waals surface area contributed by atoms with Gasteiger partial charge < -0.3 is 19.7 Å². The molecule has 1 spiro atoms. The minimum Gasteiger partial charge on any atom is -0.481 e. The Morgan fingerprint density at radius 1 is 1.36 bits per heavy atom. The van der Waals surface area contributed by atoms with Crippen LogP contribution in [-0.4, -0.2) is 47.2 Å². The maximum atomic E-state index is 11.2. The smallest absolute Gasteiger partial charge is 0.313 e. The third-order valence-corrected chi connectivity index (χ3v) is 3.90. The minimum absolute atomic E-state index is 0.0935. The van der Waals surface area contributed by atoms with E-state index in [0.29, 0.717) is 26.1 Å². The number of carbonyl (C=O) groups is 1. The van der Waals surface area contributed by atoms with Crippen molar-refractivity contribution in [2.45, 2.75) is 24.0 Å². The fourth-order valence-electron chi connectivity index (χ4n) is 3.07. The van der Waals surface area contributed by atoms with Gasteiger partial charge in [0, 0.05) is 0 Å². The molecule has 0 radical (unpaired) electrons. The summed E-state index contributed by atoms with van der Waals surface area (Å²) >= 11 is 0. The maximum absolute atomic E-state index is 11.2. The molecule has 0 aromatic heterocycles. The molecule has 4 fully saturated rings. The van der Waals surface area contributed by atoms with Crippen LogP contribution in [0.3, 0.4) is 0 Å². The van der Waals surface area contributed by atoms with Crippen molar-refractivity contribution in [3.8, 4) is 0 Å². The zero-order valence-corrected chi connectivity index (χ0v) is 7.65. The zero-order chi connectivity index (χ0) is 10.0. The number of rotatable bonds is 2. The molecule has 78 valence electrons. The molecule has 1 saturated carbocycles. The van der Waals surface area contributed by atoms with Crippen LogP contribution in [0.15, 0.2) is 0 Å². The van der Waals surface area contributed by atoms with Gasteiger partial charge in [0.05, 0.1) is 25.4 Å². The summed E-state index contributed by atoms with van der Waals surface area (Å²) in [6, 6.07) is 0. The van der Waals surface area contributed by atoms with E-state index in [2.05, 4.69) is 0 Å². The molecule has 1 aliphatic carbocycles. The number of aliphatic hydroxyl groups is 1. The van der Waals surface area contributed by atoms with Gasteiger partial charge in [0.25, 0.3) is 0 Å². The molecular formula is C9H12O5. The average Bonchev–Trinajstić information content (AvgIpc) is 2.47. The SMILES string of the molecule is O=C(O)C12CC(CO)(C1)OC21COC1. The van der Waals surface area contributed by atoms with Crippen LogP contribution in [0.25, 0.3) is 0 Å². The van der Waals surface area contributed by atoms with Crippen LogP contribution in [0, 0.1) is 5.41 Å². The van der Waals surface area contributed by atoms with Crippen LogP contribution in [0.5, 0.6) is 0 Å². The van der Waals surface area contributed by atoms with Gasteiger partial charge in [0.2, 0.25) is 0 Å². The molecule has 0 atom stereocenters. The molecule has 0 aromatic carbocycles. The minimum atomic E-state index is -0.817. The normalized spacial score (nSPS) is 47.2. The lowest BCUT2D eigenvalue weighted by molar-refractivity contribution is -0.222. The first-order chi connectivity index (χ1) is 6.58. The van der Waals surface area contributed by atoms with Gasteiger partial charge in [-0.15, -0.1) is 0 Å². The molecule has 3 heterocycles. The Balaban J connectivity index is 1.98. The Hall–Kier alpha value is -0.650. The van der Waals surface area contributed by atoms with E-state index in [-0.39, 0.29) is 6.61 Å². The van der Waals surface area contributed by atoms with Crippen molar-refractivity contribution in [1.82, 2.24) is 0 Å². The third kappa shape index (κ3) is 0.647. The number of carboxylic acids is 1. The van der Waals surface area contributed by atoms with E-state index in [1.807, 2.05) is 0 Å². The van der Waals surface area contributed by atoms with E-state index in [0.717, 1.165) is 0 Å². The van der Waals surface area contributed by atoms with Gasteiger partial charge in [-0.05, 0) is 12.8 Å². The lowest BCUT2D eigenvalue weighted by Gasteiger charge is -2.47. The molecule has 5 heteroatoms. The van der Waals surface area contributed by atoms with Crippen molar-refractivity contribution in [3.63, 3.8) is 0 Å². The second-order valence-electron chi connectivity index (χ2n) is 4.67. The van der Waals surface area contributed by atoms with Gasteiger partial charge >= 0.3 is 5.97 Å². The second-order valence-corrected chi connectivity index (χ2v) is 4.67. The van der Waals surface area contributed by atoms with E-state index in [9.17, 15) is 9.90 Å². The highest BCUT2D eigenvalue weighted by molar-refractivity contribution is 5.80. The van der Waals surface area contributed by atoms with Crippen LogP contribution in [0.4, 0.5) is 0 Å². The van der Waals surface area contributed by atoms with E-state index in [1.54, 1.807) is 0 Å². The summed E-state index contributed by atoms with van der Waals surface area (Å²) < 4.78 is 10.8. The molecular weight excluding hydrogens is 188 g/mol. The highest BCUT2D eigenvalue weighted by atomic mass is 16.6. The van der Waals surface area contributed by atoms with Crippen LogP contribution in [0.1, 0.15) is 12.8 Å². The molecule has 0 unspecified atom stereocenters. The summed E-state index contributed by atoms with van der Waals surface area (Å²) in [5.74, 6) is -0.817.